The molecule has 0 aliphatic heterocycles. The second kappa shape index (κ2) is 9.65. The van der Waals surface area contributed by atoms with Crippen LogP contribution in [0.15, 0.2) is 24.3 Å². The van der Waals surface area contributed by atoms with E-state index >= 15 is 0 Å². The van der Waals surface area contributed by atoms with Crippen molar-refractivity contribution in [2.24, 2.45) is 0 Å². The minimum atomic E-state index is -3.57. The van der Waals surface area contributed by atoms with Crippen LogP contribution in [0.4, 0.5) is 5.69 Å². The topological polar surface area (TPSA) is 66.5 Å². The van der Waals surface area contributed by atoms with Gasteiger partial charge in [0.25, 0.3) is 0 Å². The highest BCUT2D eigenvalue weighted by molar-refractivity contribution is 7.99. The normalized spacial score (nSPS) is 16.4. The fraction of sp³-hybridized carbons (Fsp3) is 0.632. The molecule has 1 saturated carbocycles. The van der Waals surface area contributed by atoms with E-state index in [-0.39, 0.29) is 5.91 Å². The molecule has 7 heteroatoms. The Hall–Kier alpha value is -1.21. The molecule has 0 aromatic heterocycles. The molecule has 1 amide bonds. The lowest BCUT2D eigenvalue weighted by Crippen LogP contribution is -2.49. The number of nitrogens with one attached hydrogen (secondary N) is 1. The molecule has 1 atom stereocenters. The molecule has 26 heavy (non-hydrogen) atoms. The SMILES string of the molecule is CC[C@@H](C(=O)NCCSC1CCCC1)N(c1cccc(C)c1)S(C)(=O)=O. The Bertz CT molecular complexity index is 700. The van der Waals surface area contributed by atoms with Crippen molar-refractivity contribution < 1.29 is 13.2 Å². The average molecular weight is 399 g/mol. The highest BCUT2D eigenvalue weighted by Crippen LogP contribution is 2.29. The molecule has 1 aromatic rings. The summed E-state index contributed by atoms with van der Waals surface area (Å²) in [7, 11) is -3.57. The van der Waals surface area contributed by atoms with Gasteiger partial charge in [0, 0.05) is 17.5 Å². The van der Waals surface area contributed by atoms with Gasteiger partial charge in [-0.15, -0.1) is 0 Å². The van der Waals surface area contributed by atoms with Crippen molar-refractivity contribution in [2.75, 3.05) is 22.9 Å². The largest absolute Gasteiger partial charge is 0.353 e. The third-order valence-electron chi connectivity index (χ3n) is 4.64. The average Bonchev–Trinajstić information content (AvgIpc) is 3.08. The number of benzene rings is 1. The molecular weight excluding hydrogens is 368 g/mol. The maximum absolute atomic E-state index is 12.7. The highest BCUT2D eigenvalue weighted by Gasteiger charge is 2.31. The Morgan fingerprint density at radius 3 is 2.62 bits per heavy atom. The molecule has 0 radical (unpaired) electrons. The van der Waals surface area contributed by atoms with E-state index in [1.54, 1.807) is 12.1 Å². The van der Waals surface area contributed by atoms with Crippen molar-refractivity contribution in [1.82, 2.24) is 5.32 Å². The first-order valence-corrected chi connectivity index (χ1v) is 12.2. The first-order chi connectivity index (χ1) is 12.3. The Balaban J connectivity index is 2.02. The van der Waals surface area contributed by atoms with E-state index in [1.807, 2.05) is 37.7 Å². The number of carbonyl (C=O) groups is 1. The summed E-state index contributed by atoms with van der Waals surface area (Å²) in [4.78, 5) is 12.7. The van der Waals surface area contributed by atoms with Gasteiger partial charge in [0.15, 0.2) is 0 Å². The summed E-state index contributed by atoms with van der Waals surface area (Å²) in [5, 5.41) is 3.65. The van der Waals surface area contributed by atoms with Crippen LogP contribution in [0, 0.1) is 6.92 Å². The van der Waals surface area contributed by atoms with Crippen molar-refractivity contribution in [2.45, 2.75) is 57.2 Å². The summed E-state index contributed by atoms with van der Waals surface area (Å²) in [6.45, 7) is 4.32. The van der Waals surface area contributed by atoms with Crippen molar-refractivity contribution in [1.29, 1.82) is 0 Å². The Morgan fingerprint density at radius 2 is 2.04 bits per heavy atom. The molecule has 0 unspecified atom stereocenters. The predicted molar refractivity (Wildman–Crippen MR) is 110 cm³/mol. The highest BCUT2D eigenvalue weighted by atomic mass is 32.2. The molecular formula is C19H30N2O3S2. The second-order valence-corrected chi connectivity index (χ2v) is 10.2. The van der Waals surface area contributed by atoms with Gasteiger partial charge in [0.1, 0.15) is 6.04 Å². The molecule has 0 heterocycles. The number of sulfonamides is 1. The van der Waals surface area contributed by atoms with E-state index in [2.05, 4.69) is 5.32 Å². The molecule has 5 nitrogen and oxygen atoms in total. The zero-order valence-corrected chi connectivity index (χ0v) is 17.5. The van der Waals surface area contributed by atoms with Gasteiger partial charge >= 0.3 is 0 Å². The third kappa shape index (κ3) is 5.91. The van der Waals surface area contributed by atoms with Gasteiger partial charge in [-0.3, -0.25) is 9.10 Å². The standard InChI is InChI=1S/C19H30N2O3S2/c1-4-18(19(22)20-12-13-25-17-10-5-6-11-17)21(26(3,23)24)16-9-7-8-15(2)14-16/h7-9,14,17-18H,4-6,10-13H2,1-3H3,(H,20,22)/t18-/m0/s1. The van der Waals surface area contributed by atoms with Crippen LogP contribution in [-0.4, -0.2) is 44.2 Å². The van der Waals surface area contributed by atoms with Gasteiger partial charge in [-0.25, -0.2) is 8.42 Å². The summed E-state index contributed by atoms with van der Waals surface area (Å²) in [6, 6.07) is 6.52. The number of rotatable bonds is 9. The fourth-order valence-corrected chi connectivity index (χ4v) is 5.82. The molecule has 1 aromatic carbocycles. The zero-order valence-electron chi connectivity index (χ0n) is 15.9. The summed E-state index contributed by atoms with van der Waals surface area (Å²) in [5.41, 5.74) is 1.49. The van der Waals surface area contributed by atoms with Crippen molar-refractivity contribution in [3.8, 4) is 0 Å². The summed E-state index contributed by atoms with van der Waals surface area (Å²) in [5.74, 6) is 0.641. The monoisotopic (exact) mass is 398 g/mol. The lowest BCUT2D eigenvalue weighted by molar-refractivity contribution is -0.122. The number of thioether (sulfide) groups is 1. The number of hydrogen-bond donors (Lipinski definition) is 1. The molecule has 0 saturated heterocycles. The van der Waals surface area contributed by atoms with E-state index in [4.69, 9.17) is 0 Å². The van der Waals surface area contributed by atoms with E-state index in [9.17, 15) is 13.2 Å². The quantitative estimate of drug-likeness (QED) is 0.648. The smallest absolute Gasteiger partial charge is 0.243 e. The molecule has 2 rings (SSSR count). The number of nitrogens with zero attached hydrogens (tertiary/aromatic N) is 1. The third-order valence-corrected chi connectivity index (χ3v) is 7.21. The van der Waals surface area contributed by atoms with Gasteiger partial charge in [0.05, 0.1) is 11.9 Å². The molecule has 0 bridgehead atoms. The number of aryl methyl sites for hydroxylation is 1. The predicted octanol–water partition coefficient (Wildman–Crippen LogP) is 3.33. The Kier molecular flexibility index (Phi) is 7.83. The molecule has 146 valence electrons. The van der Waals surface area contributed by atoms with Crippen LogP contribution in [0.3, 0.4) is 0 Å². The van der Waals surface area contributed by atoms with Crippen LogP contribution in [0.2, 0.25) is 0 Å². The van der Waals surface area contributed by atoms with Crippen molar-refractivity contribution >= 4 is 33.4 Å². The van der Waals surface area contributed by atoms with E-state index in [0.29, 0.717) is 23.9 Å². The minimum Gasteiger partial charge on any atom is -0.353 e. The second-order valence-electron chi connectivity index (χ2n) is 6.89. The molecule has 1 aliphatic carbocycles. The van der Waals surface area contributed by atoms with Crippen LogP contribution in [0.1, 0.15) is 44.6 Å². The summed E-state index contributed by atoms with van der Waals surface area (Å²) < 4.78 is 26.0. The molecule has 1 aliphatic rings. The van der Waals surface area contributed by atoms with Crippen molar-refractivity contribution in [3.05, 3.63) is 29.8 Å². The Labute approximate surface area is 162 Å². The van der Waals surface area contributed by atoms with Gasteiger partial charge < -0.3 is 5.32 Å². The lowest BCUT2D eigenvalue weighted by atomic mass is 10.1. The van der Waals surface area contributed by atoms with Crippen LogP contribution >= 0.6 is 11.8 Å². The number of amides is 1. The summed E-state index contributed by atoms with van der Waals surface area (Å²) >= 11 is 1.91. The fourth-order valence-electron chi connectivity index (χ4n) is 3.40. The first kappa shape index (κ1) is 21.1. The van der Waals surface area contributed by atoms with Gasteiger partial charge in [0.2, 0.25) is 15.9 Å². The van der Waals surface area contributed by atoms with Crippen LogP contribution < -0.4 is 9.62 Å². The van der Waals surface area contributed by atoms with E-state index < -0.39 is 16.1 Å². The van der Waals surface area contributed by atoms with Crippen LogP contribution in [-0.2, 0) is 14.8 Å². The maximum atomic E-state index is 12.7. The first-order valence-electron chi connectivity index (χ1n) is 9.28. The zero-order chi connectivity index (χ0) is 19.2. The molecule has 0 spiro atoms. The molecule has 1 N–H and O–H groups in total. The van der Waals surface area contributed by atoms with Crippen molar-refractivity contribution in [3.63, 3.8) is 0 Å². The van der Waals surface area contributed by atoms with E-state index in [1.165, 1.54) is 30.0 Å². The Morgan fingerprint density at radius 1 is 1.35 bits per heavy atom. The van der Waals surface area contributed by atoms with Gasteiger partial charge in [-0.05, 0) is 43.9 Å². The lowest BCUT2D eigenvalue weighted by Gasteiger charge is -2.30. The summed E-state index contributed by atoms with van der Waals surface area (Å²) in [6.07, 6.45) is 6.73. The van der Waals surface area contributed by atoms with Crippen LogP contribution in [0.5, 0.6) is 0 Å². The minimum absolute atomic E-state index is 0.230. The maximum Gasteiger partial charge on any atom is 0.243 e. The molecule has 1 fully saturated rings. The van der Waals surface area contributed by atoms with Gasteiger partial charge in [-0.2, -0.15) is 11.8 Å². The van der Waals surface area contributed by atoms with Gasteiger partial charge in [-0.1, -0.05) is 31.9 Å². The number of carbonyl (C=O) groups excluding carboxylic acids is 1. The number of hydrogen-bond acceptors (Lipinski definition) is 4. The number of anilines is 1. The van der Waals surface area contributed by atoms with E-state index in [0.717, 1.165) is 17.6 Å². The van der Waals surface area contributed by atoms with Crippen LogP contribution in [0.25, 0.3) is 0 Å².